The molecule has 1 aliphatic heterocycles. The van der Waals surface area contributed by atoms with Gasteiger partial charge in [0.1, 0.15) is 0 Å². The molecule has 0 bridgehead atoms. The van der Waals surface area contributed by atoms with Crippen LogP contribution in [0.2, 0.25) is 0 Å². The second kappa shape index (κ2) is 9.76. The predicted octanol–water partition coefficient (Wildman–Crippen LogP) is 3.15. The Kier molecular flexibility index (Phi) is 6.64. The van der Waals surface area contributed by atoms with Gasteiger partial charge in [-0.25, -0.2) is 0 Å². The van der Waals surface area contributed by atoms with E-state index in [1.807, 2.05) is 54.1 Å². The van der Waals surface area contributed by atoms with Gasteiger partial charge in [-0.05, 0) is 56.4 Å². The Morgan fingerprint density at radius 3 is 2.74 bits per heavy atom. The summed E-state index contributed by atoms with van der Waals surface area (Å²) >= 11 is 0. The molecule has 0 radical (unpaired) electrons. The fourth-order valence-corrected chi connectivity index (χ4v) is 3.98. The first kappa shape index (κ1) is 21.1. The summed E-state index contributed by atoms with van der Waals surface area (Å²) in [6.07, 6.45) is 1.77. The van der Waals surface area contributed by atoms with Crippen LogP contribution in [0.1, 0.15) is 27.3 Å². The first-order valence-corrected chi connectivity index (χ1v) is 10.7. The van der Waals surface area contributed by atoms with Gasteiger partial charge in [-0.15, -0.1) is 0 Å². The van der Waals surface area contributed by atoms with E-state index in [1.165, 1.54) is 0 Å². The maximum atomic E-state index is 13.0. The molecule has 2 N–H and O–H groups in total. The number of hydrogen-bond acceptors (Lipinski definition) is 5. The maximum Gasteiger partial charge on any atom is 0.255 e. The number of carbonyl (C=O) groups excluding carboxylic acids is 2. The summed E-state index contributed by atoms with van der Waals surface area (Å²) in [7, 11) is 1.91. The van der Waals surface area contributed by atoms with E-state index in [0.29, 0.717) is 31.0 Å². The van der Waals surface area contributed by atoms with Crippen LogP contribution in [-0.4, -0.2) is 56.7 Å². The van der Waals surface area contributed by atoms with E-state index in [1.54, 1.807) is 6.07 Å². The Hall–Kier alpha value is -3.16. The third-order valence-corrected chi connectivity index (χ3v) is 5.61. The molecule has 2 aromatic carbocycles. The molecule has 1 saturated heterocycles. The van der Waals surface area contributed by atoms with Crippen molar-refractivity contribution in [3.05, 3.63) is 59.8 Å². The summed E-state index contributed by atoms with van der Waals surface area (Å²) < 4.78 is 7.40. The zero-order valence-electron chi connectivity index (χ0n) is 17.8. The van der Waals surface area contributed by atoms with E-state index >= 15 is 0 Å². The van der Waals surface area contributed by atoms with Gasteiger partial charge in [0.2, 0.25) is 0 Å². The van der Waals surface area contributed by atoms with Crippen LogP contribution >= 0.6 is 0 Å². The van der Waals surface area contributed by atoms with Crippen molar-refractivity contribution in [2.24, 2.45) is 0 Å². The summed E-state index contributed by atoms with van der Waals surface area (Å²) in [6.45, 7) is 4.69. The first-order chi connectivity index (χ1) is 15.2. The number of benzene rings is 2. The molecule has 1 aliphatic rings. The standard InChI is InChI=1S/C24H28N4O3/c1-25-8-3-9-28-22(17-29)14-18-6-7-19(15-23(18)28)24(30)26-20-4-2-5-21(16-20)27-10-12-31-13-11-27/h2,4-7,14-17,25H,3,8-13H2,1H3,(H,26,30). The zero-order chi connectivity index (χ0) is 21.6. The largest absolute Gasteiger partial charge is 0.378 e. The smallest absolute Gasteiger partial charge is 0.255 e. The minimum absolute atomic E-state index is 0.170. The Balaban J connectivity index is 1.55. The van der Waals surface area contributed by atoms with Crippen molar-refractivity contribution in [1.29, 1.82) is 0 Å². The average molecular weight is 421 g/mol. The zero-order valence-corrected chi connectivity index (χ0v) is 17.8. The van der Waals surface area contributed by atoms with Crippen LogP contribution in [0.3, 0.4) is 0 Å². The van der Waals surface area contributed by atoms with Crippen molar-refractivity contribution in [3.63, 3.8) is 0 Å². The van der Waals surface area contributed by atoms with Crippen molar-refractivity contribution < 1.29 is 14.3 Å². The number of carbonyl (C=O) groups is 2. The summed E-state index contributed by atoms with van der Waals surface area (Å²) in [5.74, 6) is -0.170. The lowest BCUT2D eigenvalue weighted by Gasteiger charge is -2.29. The number of fused-ring (bicyclic) bond motifs is 1. The molecule has 31 heavy (non-hydrogen) atoms. The molecule has 4 rings (SSSR count). The van der Waals surface area contributed by atoms with E-state index < -0.39 is 0 Å². The number of ether oxygens (including phenoxy) is 1. The van der Waals surface area contributed by atoms with Crippen LogP contribution in [0, 0.1) is 0 Å². The molecule has 7 heteroatoms. The molecule has 0 spiro atoms. The summed E-state index contributed by atoms with van der Waals surface area (Å²) in [4.78, 5) is 26.7. The Labute approximate surface area is 182 Å². The van der Waals surface area contributed by atoms with Gasteiger partial charge in [-0.2, -0.15) is 0 Å². The summed E-state index contributed by atoms with van der Waals surface area (Å²) in [5, 5.41) is 7.09. The van der Waals surface area contributed by atoms with Gasteiger partial charge in [-0.3, -0.25) is 9.59 Å². The molecule has 0 atom stereocenters. The molecule has 162 valence electrons. The number of nitrogens with one attached hydrogen (secondary N) is 2. The third kappa shape index (κ3) is 4.78. The van der Waals surface area contributed by atoms with E-state index in [4.69, 9.17) is 4.74 Å². The van der Waals surface area contributed by atoms with Crippen molar-refractivity contribution in [2.45, 2.75) is 13.0 Å². The number of rotatable bonds is 8. The molecule has 2 heterocycles. The van der Waals surface area contributed by atoms with Crippen molar-refractivity contribution >= 4 is 34.5 Å². The van der Waals surface area contributed by atoms with E-state index in [9.17, 15) is 9.59 Å². The number of amides is 1. The Morgan fingerprint density at radius 1 is 1.13 bits per heavy atom. The molecule has 0 aliphatic carbocycles. The van der Waals surface area contributed by atoms with Crippen molar-refractivity contribution in [2.75, 3.05) is 50.1 Å². The summed E-state index contributed by atoms with van der Waals surface area (Å²) in [5.41, 5.74) is 3.92. The second-order valence-corrected chi connectivity index (χ2v) is 7.67. The van der Waals surface area contributed by atoms with Crippen molar-refractivity contribution in [3.8, 4) is 0 Å². The topological polar surface area (TPSA) is 75.6 Å². The van der Waals surface area contributed by atoms with Gasteiger partial charge in [0, 0.05) is 47.5 Å². The number of morpholine rings is 1. The number of hydrogen-bond donors (Lipinski definition) is 2. The number of anilines is 2. The first-order valence-electron chi connectivity index (χ1n) is 10.7. The summed E-state index contributed by atoms with van der Waals surface area (Å²) in [6, 6.07) is 15.3. The molecule has 1 fully saturated rings. The number of nitrogens with zero attached hydrogens (tertiary/aromatic N) is 2. The molecule has 7 nitrogen and oxygen atoms in total. The third-order valence-electron chi connectivity index (χ3n) is 5.61. The predicted molar refractivity (Wildman–Crippen MR) is 123 cm³/mol. The van der Waals surface area contributed by atoms with Crippen LogP contribution in [0.25, 0.3) is 10.9 Å². The van der Waals surface area contributed by atoms with Crippen LogP contribution in [0.15, 0.2) is 48.5 Å². The lowest BCUT2D eigenvalue weighted by Crippen LogP contribution is -2.36. The molecule has 0 unspecified atom stereocenters. The lowest BCUT2D eigenvalue weighted by molar-refractivity contribution is 0.102. The molecular formula is C24H28N4O3. The van der Waals surface area contributed by atoms with Gasteiger partial charge in [0.05, 0.1) is 18.9 Å². The van der Waals surface area contributed by atoms with Gasteiger partial charge in [0.15, 0.2) is 6.29 Å². The highest BCUT2D eigenvalue weighted by molar-refractivity contribution is 6.06. The van der Waals surface area contributed by atoms with Crippen LogP contribution in [0.5, 0.6) is 0 Å². The van der Waals surface area contributed by atoms with E-state index in [-0.39, 0.29) is 5.91 Å². The van der Waals surface area contributed by atoms with Gasteiger partial charge < -0.3 is 24.8 Å². The lowest BCUT2D eigenvalue weighted by atomic mass is 10.1. The molecule has 1 amide bonds. The van der Waals surface area contributed by atoms with Gasteiger partial charge >= 0.3 is 0 Å². The fourth-order valence-electron chi connectivity index (χ4n) is 3.98. The average Bonchev–Trinajstić information content (AvgIpc) is 3.17. The minimum atomic E-state index is -0.170. The second-order valence-electron chi connectivity index (χ2n) is 7.67. The monoisotopic (exact) mass is 420 g/mol. The number of aldehydes is 1. The Morgan fingerprint density at radius 2 is 1.97 bits per heavy atom. The highest BCUT2D eigenvalue weighted by Gasteiger charge is 2.14. The SMILES string of the molecule is CNCCCn1c(C=O)cc2ccc(C(=O)Nc3cccc(N4CCOCC4)c3)cc21. The van der Waals surface area contributed by atoms with Gasteiger partial charge in [0.25, 0.3) is 5.91 Å². The van der Waals surface area contributed by atoms with Crippen LogP contribution < -0.4 is 15.5 Å². The quantitative estimate of drug-likeness (QED) is 0.433. The molecular weight excluding hydrogens is 392 g/mol. The van der Waals surface area contributed by atoms with Crippen LogP contribution in [0.4, 0.5) is 11.4 Å². The molecule has 0 saturated carbocycles. The fraction of sp³-hybridized carbons (Fsp3) is 0.333. The number of aromatic nitrogens is 1. The maximum absolute atomic E-state index is 13.0. The Bertz CT molecular complexity index is 1070. The van der Waals surface area contributed by atoms with E-state index in [2.05, 4.69) is 15.5 Å². The van der Waals surface area contributed by atoms with Crippen LogP contribution in [-0.2, 0) is 11.3 Å². The van der Waals surface area contributed by atoms with E-state index in [0.717, 1.165) is 54.6 Å². The normalized spacial score (nSPS) is 14.0. The molecule has 3 aromatic rings. The highest BCUT2D eigenvalue weighted by Crippen LogP contribution is 2.24. The molecule has 1 aromatic heterocycles. The highest BCUT2D eigenvalue weighted by atomic mass is 16.5. The number of aryl methyl sites for hydroxylation is 1. The minimum Gasteiger partial charge on any atom is -0.378 e. The van der Waals surface area contributed by atoms with Crippen molar-refractivity contribution in [1.82, 2.24) is 9.88 Å². The van der Waals surface area contributed by atoms with Gasteiger partial charge in [-0.1, -0.05) is 12.1 Å².